The van der Waals surface area contributed by atoms with Crippen molar-refractivity contribution >= 4 is 5.96 Å². The van der Waals surface area contributed by atoms with Gasteiger partial charge in [0.15, 0.2) is 6.19 Å². The molecule has 1 heterocycles. The van der Waals surface area contributed by atoms with E-state index in [4.69, 9.17) is 5.26 Å². The van der Waals surface area contributed by atoms with Crippen LogP contribution in [0.5, 0.6) is 0 Å². The van der Waals surface area contributed by atoms with Crippen molar-refractivity contribution in [1.82, 2.24) is 10.6 Å². The quantitative estimate of drug-likeness (QED) is 0.355. The second-order valence-electron chi connectivity index (χ2n) is 2.41. The third-order valence-corrected chi connectivity index (χ3v) is 1.35. The van der Waals surface area contributed by atoms with Crippen LogP contribution in [-0.2, 0) is 0 Å². The molecule has 0 saturated carbocycles. The van der Waals surface area contributed by atoms with Gasteiger partial charge < -0.3 is 5.32 Å². The molecular weight excluding hydrogens is 128 g/mol. The first-order valence-corrected chi connectivity index (χ1v) is 3.26. The number of nitriles is 1. The Labute approximate surface area is 59.9 Å². The minimum Gasteiger partial charge on any atom is -0.355 e. The molecule has 0 radical (unpaired) electrons. The summed E-state index contributed by atoms with van der Waals surface area (Å²) in [7, 11) is 0. The topological polar surface area (TPSA) is 60.2 Å². The lowest BCUT2D eigenvalue weighted by molar-refractivity contribution is 0.548. The Kier molecular flexibility index (Phi) is 2.11. The van der Waals surface area contributed by atoms with E-state index < -0.39 is 0 Å². The molecule has 0 aromatic heterocycles. The molecule has 4 nitrogen and oxygen atoms in total. The smallest absolute Gasteiger partial charge is 0.204 e. The molecule has 0 bridgehead atoms. The summed E-state index contributed by atoms with van der Waals surface area (Å²) < 4.78 is 0. The first-order chi connectivity index (χ1) is 4.83. The average Bonchev–Trinajstić information content (AvgIpc) is 1.95. The van der Waals surface area contributed by atoms with Crippen LogP contribution < -0.4 is 10.6 Å². The summed E-state index contributed by atoms with van der Waals surface area (Å²) in [5.41, 5.74) is 0. The van der Waals surface area contributed by atoms with Gasteiger partial charge in [-0.25, -0.2) is 0 Å². The summed E-state index contributed by atoms with van der Waals surface area (Å²) in [5.74, 6) is 1.17. The monoisotopic (exact) mass is 138 g/mol. The van der Waals surface area contributed by atoms with Gasteiger partial charge in [-0.2, -0.15) is 5.26 Å². The maximum absolute atomic E-state index is 8.20. The molecule has 1 rings (SSSR count). The third-order valence-electron chi connectivity index (χ3n) is 1.35. The normalized spacial score (nSPS) is 24.0. The second kappa shape index (κ2) is 3.06. The largest absolute Gasteiger partial charge is 0.355 e. The molecule has 0 spiro atoms. The molecule has 54 valence electrons. The number of aliphatic imine (C=N–C) groups is 1. The first-order valence-electron chi connectivity index (χ1n) is 3.26. The Morgan fingerprint density at radius 3 is 3.20 bits per heavy atom. The Balaban J connectivity index is 2.42. The molecule has 0 saturated heterocycles. The van der Waals surface area contributed by atoms with Gasteiger partial charge in [0.1, 0.15) is 0 Å². The lowest BCUT2D eigenvalue weighted by atomic mass is 10.2. The standard InChI is InChI=1S/C6H10N4/c1-5-2-8-6(9-3-5)10-4-7/h5H,2-3H2,1H3,(H2,8,9,10). The van der Waals surface area contributed by atoms with Gasteiger partial charge in [-0.15, -0.1) is 0 Å². The number of rotatable bonds is 0. The highest BCUT2D eigenvalue weighted by Gasteiger charge is 2.08. The van der Waals surface area contributed by atoms with E-state index in [0.29, 0.717) is 11.9 Å². The summed E-state index contributed by atoms with van der Waals surface area (Å²) in [4.78, 5) is 4.07. The second-order valence-corrected chi connectivity index (χ2v) is 2.41. The van der Waals surface area contributed by atoms with Crippen molar-refractivity contribution in [3.8, 4) is 6.19 Å². The fourth-order valence-electron chi connectivity index (χ4n) is 0.775. The van der Waals surface area contributed by atoms with E-state index in [9.17, 15) is 0 Å². The summed E-state index contributed by atoms with van der Waals surface area (Å²) in [5, 5.41) is 13.6. The molecule has 1 unspecified atom stereocenters. The molecule has 4 heteroatoms. The number of hydrogen-bond acceptors (Lipinski definition) is 4. The molecule has 10 heavy (non-hydrogen) atoms. The van der Waals surface area contributed by atoms with Crippen molar-refractivity contribution in [2.75, 3.05) is 13.1 Å². The molecule has 2 N–H and O–H groups in total. The van der Waals surface area contributed by atoms with Crippen molar-refractivity contribution in [2.45, 2.75) is 6.92 Å². The van der Waals surface area contributed by atoms with Gasteiger partial charge in [-0.1, -0.05) is 6.92 Å². The summed E-state index contributed by atoms with van der Waals surface area (Å²) in [6, 6.07) is 0. The minimum atomic E-state index is 0.573. The van der Waals surface area contributed by atoms with Crippen molar-refractivity contribution < 1.29 is 0 Å². The van der Waals surface area contributed by atoms with Crippen LogP contribution in [0.2, 0.25) is 0 Å². The van der Waals surface area contributed by atoms with Gasteiger partial charge in [0, 0.05) is 13.1 Å². The molecule has 0 aliphatic carbocycles. The summed E-state index contributed by atoms with van der Waals surface area (Å²) in [6.07, 6.45) is 1.81. The minimum absolute atomic E-state index is 0.573. The fraction of sp³-hybridized carbons (Fsp3) is 0.667. The fourth-order valence-corrected chi connectivity index (χ4v) is 0.775. The first kappa shape index (κ1) is 6.87. The van der Waals surface area contributed by atoms with E-state index in [1.165, 1.54) is 0 Å². The van der Waals surface area contributed by atoms with E-state index in [1.54, 1.807) is 0 Å². The van der Waals surface area contributed by atoms with Gasteiger partial charge in [-0.3, -0.25) is 10.3 Å². The molecular formula is C6H10N4. The Hall–Kier alpha value is -1.24. The third kappa shape index (κ3) is 1.62. The highest BCUT2D eigenvalue weighted by molar-refractivity contribution is 5.81. The molecule has 0 fully saturated rings. The van der Waals surface area contributed by atoms with Crippen LogP contribution in [0.15, 0.2) is 4.99 Å². The van der Waals surface area contributed by atoms with E-state index in [1.807, 2.05) is 6.19 Å². The zero-order valence-electron chi connectivity index (χ0n) is 5.89. The molecule has 1 aliphatic heterocycles. The predicted molar refractivity (Wildman–Crippen MR) is 38.2 cm³/mol. The van der Waals surface area contributed by atoms with Gasteiger partial charge in [0.25, 0.3) is 0 Å². The lowest BCUT2D eigenvalue weighted by Crippen LogP contribution is -2.41. The van der Waals surface area contributed by atoms with Crippen LogP contribution in [0.1, 0.15) is 6.92 Å². The van der Waals surface area contributed by atoms with Crippen LogP contribution in [0.3, 0.4) is 0 Å². The number of hydrogen-bond donors (Lipinski definition) is 2. The van der Waals surface area contributed by atoms with Crippen molar-refractivity contribution in [1.29, 1.82) is 5.26 Å². The van der Waals surface area contributed by atoms with Gasteiger partial charge in [0.2, 0.25) is 5.96 Å². The number of nitrogens with zero attached hydrogens (tertiary/aromatic N) is 2. The highest BCUT2D eigenvalue weighted by Crippen LogP contribution is 1.96. The zero-order valence-corrected chi connectivity index (χ0v) is 5.89. The molecule has 1 aliphatic rings. The molecule has 0 aromatic rings. The Morgan fingerprint density at radius 2 is 2.70 bits per heavy atom. The highest BCUT2D eigenvalue weighted by atomic mass is 15.2. The van der Waals surface area contributed by atoms with Crippen LogP contribution >= 0.6 is 0 Å². The average molecular weight is 138 g/mol. The van der Waals surface area contributed by atoms with Crippen LogP contribution in [0.4, 0.5) is 0 Å². The number of guanidine groups is 1. The summed E-state index contributed by atoms with van der Waals surface area (Å²) >= 11 is 0. The van der Waals surface area contributed by atoms with Gasteiger partial charge in [-0.05, 0) is 5.92 Å². The van der Waals surface area contributed by atoms with E-state index in [2.05, 4.69) is 22.5 Å². The van der Waals surface area contributed by atoms with Crippen LogP contribution in [-0.4, -0.2) is 19.0 Å². The van der Waals surface area contributed by atoms with E-state index in [-0.39, 0.29) is 0 Å². The van der Waals surface area contributed by atoms with Crippen molar-refractivity contribution in [3.63, 3.8) is 0 Å². The Morgan fingerprint density at radius 1 is 1.90 bits per heavy atom. The summed E-state index contributed by atoms with van der Waals surface area (Å²) in [6.45, 7) is 3.81. The van der Waals surface area contributed by atoms with Gasteiger partial charge >= 0.3 is 0 Å². The van der Waals surface area contributed by atoms with E-state index >= 15 is 0 Å². The van der Waals surface area contributed by atoms with Crippen LogP contribution in [0.25, 0.3) is 0 Å². The maximum Gasteiger partial charge on any atom is 0.204 e. The lowest BCUT2D eigenvalue weighted by Gasteiger charge is -2.17. The zero-order chi connectivity index (χ0) is 7.40. The van der Waals surface area contributed by atoms with Crippen molar-refractivity contribution in [3.05, 3.63) is 0 Å². The SMILES string of the molecule is CC1CN=C(NC#N)NC1. The van der Waals surface area contributed by atoms with Crippen molar-refractivity contribution in [2.24, 2.45) is 10.9 Å². The van der Waals surface area contributed by atoms with E-state index in [0.717, 1.165) is 13.1 Å². The Bertz CT molecular complexity index is 179. The molecule has 0 amide bonds. The number of nitrogens with one attached hydrogen (secondary N) is 2. The molecule has 1 atom stereocenters. The molecule has 0 aromatic carbocycles. The van der Waals surface area contributed by atoms with Gasteiger partial charge in [0.05, 0.1) is 0 Å². The predicted octanol–water partition coefficient (Wildman–Crippen LogP) is -0.348. The van der Waals surface area contributed by atoms with Crippen LogP contribution in [0, 0.1) is 17.4 Å². The maximum atomic E-state index is 8.20.